The van der Waals surface area contributed by atoms with E-state index < -0.39 is 12.1 Å². The number of ether oxygens (including phenoxy) is 1. The van der Waals surface area contributed by atoms with E-state index >= 15 is 0 Å². The average Bonchev–Trinajstić information content (AvgIpc) is 2.28. The van der Waals surface area contributed by atoms with Crippen LogP contribution in [0, 0.1) is 0 Å². The Bertz CT molecular complexity index is 338. The zero-order valence-corrected chi connectivity index (χ0v) is 9.58. The number of esters is 1. The molecule has 0 amide bonds. The maximum atomic E-state index is 11.0. The van der Waals surface area contributed by atoms with Crippen LogP contribution in [0.15, 0.2) is 29.2 Å². The van der Waals surface area contributed by atoms with E-state index in [1.165, 1.54) is 7.11 Å². The fourth-order valence-corrected chi connectivity index (χ4v) is 1.68. The average molecular weight is 226 g/mol. The summed E-state index contributed by atoms with van der Waals surface area (Å²) in [5.41, 5.74) is 0.743. The molecule has 1 aromatic carbocycles. The lowest BCUT2D eigenvalue weighted by atomic mass is 10.1. The lowest BCUT2D eigenvalue weighted by Gasteiger charge is -2.10. The molecule has 15 heavy (non-hydrogen) atoms. The van der Waals surface area contributed by atoms with E-state index in [2.05, 4.69) is 4.74 Å². The highest BCUT2D eigenvalue weighted by Gasteiger charge is 2.13. The van der Waals surface area contributed by atoms with Crippen molar-refractivity contribution in [1.82, 2.24) is 0 Å². The Morgan fingerprint density at radius 2 is 2.33 bits per heavy atom. The second-order valence-corrected chi connectivity index (χ2v) is 3.95. The van der Waals surface area contributed by atoms with Gasteiger partial charge in [-0.1, -0.05) is 12.1 Å². The second-order valence-electron chi connectivity index (χ2n) is 3.07. The molecule has 1 N–H and O–H groups in total. The van der Waals surface area contributed by atoms with E-state index in [4.69, 9.17) is 0 Å². The largest absolute Gasteiger partial charge is 0.469 e. The summed E-state index contributed by atoms with van der Waals surface area (Å²) in [5.74, 6) is -0.406. The Hall–Kier alpha value is -1.00. The first-order chi connectivity index (χ1) is 7.17. The molecule has 0 aromatic heterocycles. The maximum Gasteiger partial charge on any atom is 0.308 e. The second kappa shape index (κ2) is 5.78. The van der Waals surface area contributed by atoms with Crippen molar-refractivity contribution in [3.63, 3.8) is 0 Å². The van der Waals surface area contributed by atoms with Crippen LogP contribution in [0.25, 0.3) is 0 Å². The first kappa shape index (κ1) is 12.1. The molecule has 0 aliphatic heterocycles. The van der Waals surface area contributed by atoms with Crippen molar-refractivity contribution >= 4 is 17.7 Å². The van der Waals surface area contributed by atoms with Gasteiger partial charge in [-0.05, 0) is 24.0 Å². The van der Waals surface area contributed by atoms with Crippen LogP contribution in [0.3, 0.4) is 0 Å². The molecule has 0 saturated carbocycles. The van der Waals surface area contributed by atoms with Crippen molar-refractivity contribution in [2.45, 2.75) is 17.4 Å². The van der Waals surface area contributed by atoms with Gasteiger partial charge in [0.05, 0.1) is 19.6 Å². The van der Waals surface area contributed by atoms with Crippen molar-refractivity contribution in [3.05, 3.63) is 29.8 Å². The summed E-state index contributed by atoms with van der Waals surface area (Å²) < 4.78 is 4.49. The van der Waals surface area contributed by atoms with Gasteiger partial charge in [0, 0.05) is 4.90 Å². The van der Waals surface area contributed by atoms with Gasteiger partial charge in [0.25, 0.3) is 0 Å². The third-order valence-corrected chi connectivity index (χ3v) is 2.79. The topological polar surface area (TPSA) is 46.5 Å². The number of aliphatic hydroxyl groups is 1. The number of rotatable bonds is 4. The van der Waals surface area contributed by atoms with Crippen LogP contribution < -0.4 is 0 Å². The minimum Gasteiger partial charge on any atom is -0.469 e. The maximum absolute atomic E-state index is 11.0. The van der Waals surface area contributed by atoms with Gasteiger partial charge in [-0.25, -0.2) is 0 Å². The number of hydrogen-bond acceptors (Lipinski definition) is 4. The van der Waals surface area contributed by atoms with Crippen LogP contribution in [0.4, 0.5) is 0 Å². The van der Waals surface area contributed by atoms with Crippen molar-refractivity contribution in [3.8, 4) is 0 Å². The lowest BCUT2D eigenvalue weighted by molar-refractivity contribution is -0.142. The molecule has 0 saturated heterocycles. The SMILES string of the molecule is COC(=O)C[C@H](O)c1cccc(SC)c1. The van der Waals surface area contributed by atoms with Gasteiger partial charge in [-0.15, -0.1) is 11.8 Å². The number of methoxy groups -OCH3 is 1. The Morgan fingerprint density at radius 3 is 2.93 bits per heavy atom. The summed E-state index contributed by atoms with van der Waals surface area (Å²) in [6.45, 7) is 0. The molecule has 4 heteroatoms. The number of hydrogen-bond donors (Lipinski definition) is 1. The Kier molecular flexibility index (Phi) is 4.65. The fraction of sp³-hybridized carbons (Fsp3) is 0.364. The number of aliphatic hydroxyl groups excluding tert-OH is 1. The van der Waals surface area contributed by atoms with Gasteiger partial charge in [0.1, 0.15) is 0 Å². The highest BCUT2D eigenvalue weighted by Crippen LogP contribution is 2.22. The monoisotopic (exact) mass is 226 g/mol. The van der Waals surface area contributed by atoms with E-state index in [-0.39, 0.29) is 6.42 Å². The fourth-order valence-electron chi connectivity index (χ4n) is 1.21. The summed E-state index contributed by atoms with van der Waals surface area (Å²) in [4.78, 5) is 12.0. The van der Waals surface area contributed by atoms with Gasteiger partial charge in [-0.3, -0.25) is 4.79 Å². The molecule has 0 unspecified atom stereocenters. The summed E-state index contributed by atoms with van der Waals surface area (Å²) in [6, 6.07) is 7.49. The molecule has 0 aliphatic rings. The molecule has 0 spiro atoms. The molecule has 0 radical (unpaired) electrons. The predicted octanol–water partition coefficient (Wildman–Crippen LogP) is 2.00. The quantitative estimate of drug-likeness (QED) is 0.630. The van der Waals surface area contributed by atoms with Crippen molar-refractivity contribution < 1.29 is 14.6 Å². The first-order valence-electron chi connectivity index (χ1n) is 4.56. The summed E-state index contributed by atoms with van der Waals surface area (Å²) in [6.07, 6.45) is 1.17. The molecule has 82 valence electrons. The first-order valence-corrected chi connectivity index (χ1v) is 5.78. The molecule has 0 bridgehead atoms. The van der Waals surface area contributed by atoms with Crippen molar-refractivity contribution in [2.24, 2.45) is 0 Å². The van der Waals surface area contributed by atoms with E-state index in [1.807, 2.05) is 24.5 Å². The van der Waals surface area contributed by atoms with E-state index in [9.17, 15) is 9.90 Å². The molecule has 0 aliphatic carbocycles. The zero-order valence-electron chi connectivity index (χ0n) is 8.77. The number of benzene rings is 1. The van der Waals surface area contributed by atoms with Gasteiger partial charge < -0.3 is 9.84 Å². The van der Waals surface area contributed by atoms with E-state index in [1.54, 1.807) is 17.8 Å². The van der Waals surface area contributed by atoms with Crippen LogP contribution in [0.5, 0.6) is 0 Å². The van der Waals surface area contributed by atoms with Gasteiger partial charge >= 0.3 is 5.97 Å². The van der Waals surface area contributed by atoms with E-state index in [0.29, 0.717) is 0 Å². The third kappa shape index (κ3) is 3.57. The van der Waals surface area contributed by atoms with Crippen LogP contribution in [0.2, 0.25) is 0 Å². The highest BCUT2D eigenvalue weighted by atomic mass is 32.2. The Balaban J connectivity index is 2.72. The van der Waals surface area contributed by atoms with Crippen molar-refractivity contribution in [2.75, 3.05) is 13.4 Å². The number of carbonyl (C=O) groups excluding carboxylic acids is 1. The summed E-state index contributed by atoms with van der Waals surface area (Å²) >= 11 is 1.60. The Labute approximate surface area is 93.4 Å². The highest BCUT2D eigenvalue weighted by molar-refractivity contribution is 7.98. The third-order valence-electron chi connectivity index (χ3n) is 2.07. The smallest absolute Gasteiger partial charge is 0.308 e. The molecule has 0 fully saturated rings. The molecule has 0 heterocycles. The molecular formula is C11H14O3S. The normalized spacial score (nSPS) is 12.2. The standard InChI is InChI=1S/C11H14O3S/c1-14-11(13)7-10(12)8-4-3-5-9(6-8)15-2/h3-6,10,12H,7H2,1-2H3/t10-/m0/s1. The van der Waals surface area contributed by atoms with Gasteiger partial charge in [0.2, 0.25) is 0 Å². The van der Waals surface area contributed by atoms with Crippen LogP contribution in [-0.2, 0) is 9.53 Å². The minimum absolute atomic E-state index is 0.00562. The molecular weight excluding hydrogens is 212 g/mol. The van der Waals surface area contributed by atoms with Gasteiger partial charge in [-0.2, -0.15) is 0 Å². The zero-order chi connectivity index (χ0) is 11.3. The summed E-state index contributed by atoms with van der Waals surface area (Å²) in [5, 5.41) is 9.73. The predicted molar refractivity (Wildman–Crippen MR) is 59.8 cm³/mol. The van der Waals surface area contributed by atoms with Gasteiger partial charge in [0.15, 0.2) is 0 Å². The van der Waals surface area contributed by atoms with Crippen LogP contribution in [-0.4, -0.2) is 24.4 Å². The summed E-state index contributed by atoms with van der Waals surface area (Å²) in [7, 11) is 1.31. The molecule has 1 atom stereocenters. The van der Waals surface area contributed by atoms with Crippen LogP contribution >= 0.6 is 11.8 Å². The van der Waals surface area contributed by atoms with E-state index in [0.717, 1.165) is 10.5 Å². The molecule has 3 nitrogen and oxygen atoms in total. The molecule has 1 aromatic rings. The van der Waals surface area contributed by atoms with Crippen molar-refractivity contribution in [1.29, 1.82) is 0 Å². The van der Waals surface area contributed by atoms with Crippen LogP contribution in [0.1, 0.15) is 18.1 Å². The molecule has 1 rings (SSSR count). The number of thioether (sulfide) groups is 1. The lowest BCUT2D eigenvalue weighted by Crippen LogP contribution is -2.07. The number of carbonyl (C=O) groups is 1. The Morgan fingerprint density at radius 1 is 1.60 bits per heavy atom. The minimum atomic E-state index is -0.787.